The van der Waals surface area contributed by atoms with Crippen molar-refractivity contribution in [2.24, 2.45) is 0 Å². The first kappa shape index (κ1) is 20.6. The monoisotopic (exact) mass is 394 g/mol. The number of ether oxygens (including phenoxy) is 1. The smallest absolute Gasteiger partial charge is 0.261 e. The van der Waals surface area contributed by atoms with Crippen molar-refractivity contribution in [3.63, 3.8) is 0 Å². The number of methoxy groups -OCH3 is 1. The molecule has 0 aromatic heterocycles. The van der Waals surface area contributed by atoms with Crippen LogP contribution in [0.4, 0.5) is 0 Å². The Morgan fingerprint density at radius 2 is 1.69 bits per heavy atom. The molecule has 0 atom stereocenters. The summed E-state index contributed by atoms with van der Waals surface area (Å²) in [6, 6.07) is 11.2. The summed E-state index contributed by atoms with van der Waals surface area (Å²) < 4.78 is 5.35. The summed E-state index contributed by atoms with van der Waals surface area (Å²) in [5.74, 6) is 0.160. The first-order valence-corrected chi connectivity index (χ1v) is 9.77. The molecule has 2 aromatic rings. The molecule has 0 spiro atoms. The van der Waals surface area contributed by atoms with Crippen LogP contribution in [0.1, 0.15) is 50.2 Å². The topological polar surface area (TPSA) is 75.7 Å². The van der Waals surface area contributed by atoms with Crippen LogP contribution >= 0.6 is 0 Å². The van der Waals surface area contributed by atoms with Crippen LogP contribution in [0.25, 0.3) is 0 Å². The largest absolute Gasteiger partial charge is 0.496 e. The third-order valence-electron chi connectivity index (χ3n) is 5.06. The summed E-state index contributed by atoms with van der Waals surface area (Å²) in [5, 5.41) is 2.89. The van der Waals surface area contributed by atoms with Crippen LogP contribution in [0.3, 0.4) is 0 Å². The summed E-state index contributed by atoms with van der Waals surface area (Å²) in [5.41, 5.74) is 4.03. The molecule has 1 N–H and O–H groups in total. The van der Waals surface area contributed by atoms with E-state index in [1.807, 2.05) is 32.0 Å². The second-order valence-corrected chi connectivity index (χ2v) is 7.33. The molecule has 2 aromatic carbocycles. The average molecular weight is 394 g/mol. The van der Waals surface area contributed by atoms with Gasteiger partial charge in [0.05, 0.1) is 18.2 Å². The first-order valence-electron chi connectivity index (χ1n) is 9.77. The lowest BCUT2D eigenvalue weighted by molar-refractivity contribution is -0.121. The number of carbonyl (C=O) groups excluding carboxylic acids is 3. The number of amides is 3. The van der Waals surface area contributed by atoms with E-state index in [1.165, 1.54) is 4.90 Å². The van der Waals surface area contributed by atoms with Gasteiger partial charge in [-0.2, -0.15) is 0 Å². The van der Waals surface area contributed by atoms with Crippen LogP contribution in [-0.4, -0.2) is 42.8 Å². The number of aryl methyl sites for hydroxylation is 2. The van der Waals surface area contributed by atoms with E-state index in [2.05, 4.69) is 11.4 Å². The Morgan fingerprint density at radius 1 is 1.00 bits per heavy atom. The zero-order chi connectivity index (χ0) is 21.0. The number of carbonyl (C=O) groups is 3. The predicted molar refractivity (Wildman–Crippen MR) is 110 cm³/mol. The fourth-order valence-corrected chi connectivity index (χ4v) is 3.53. The lowest BCUT2D eigenvalue weighted by Crippen LogP contribution is -2.32. The Labute approximate surface area is 170 Å². The minimum absolute atomic E-state index is 0.0935. The second kappa shape index (κ2) is 8.90. The molecule has 1 heterocycles. The normalized spacial score (nSPS) is 12.9. The van der Waals surface area contributed by atoms with Gasteiger partial charge in [-0.15, -0.1) is 0 Å². The zero-order valence-electron chi connectivity index (χ0n) is 17.1. The molecular weight excluding hydrogens is 368 g/mol. The van der Waals surface area contributed by atoms with Crippen molar-refractivity contribution < 1.29 is 19.1 Å². The third-order valence-corrected chi connectivity index (χ3v) is 5.06. The summed E-state index contributed by atoms with van der Waals surface area (Å²) in [7, 11) is 1.63. The number of rotatable bonds is 8. The molecule has 3 rings (SSSR count). The van der Waals surface area contributed by atoms with Crippen molar-refractivity contribution in [3.8, 4) is 5.75 Å². The lowest BCUT2D eigenvalue weighted by Gasteiger charge is -2.13. The minimum Gasteiger partial charge on any atom is -0.496 e. The van der Waals surface area contributed by atoms with Gasteiger partial charge in [0.2, 0.25) is 5.91 Å². The zero-order valence-corrected chi connectivity index (χ0v) is 17.1. The lowest BCUT2D eigenvalue weighted by atomic mass is 10.1. The van der Waals surface area contributed by atoms with E-state index in [9.17, 15) is 14.4 Å². The van der Waals surface area contributed by atoms with Gasteiger partial charge in [0.25, 0.3) is 11.8 Å². The maximum absolute atomic E-state index is 12.4. The molecule has 6 nitrogen and oxygen atoms in total. The Balaban J connectivity index is 1.45. The number of nitrogens with one attached hydrogen (secondary N) is 1. The van der Waals surface area contributed by atoms with E-state index < -0.39 is 0 Å². The van der Waals surface area contributed by atoms with Gasteiger partial charge in [0.1, 0.15) is 5.75 Å². The molecule has 0 fully saturated rings. The van der Waals surface area contributed by atoms with E-state index in [-0.39, 0.29) is 30.7 Å². The summed E-state index contributed by atoms with van der Waals surface area (Å²) >= 11 is 0. The van der Waals surface area contributed by atoms with E-state index in [1.54, 1.807) is 19.2 Å². The molecule has 152 valence electrons. The van der Waals surface area contributed by atoms with Gasteiger partial charge >= 0.3 is 0 Å². The van der Waals surface area contributed by atoms with Crippen LogP contribution in [0.2, 0.25) is 0 Å². The Morgan fingerprint density at radius 3 is 2.45 bits per heavy atom. The van der Waals surface area contributed by atoms with Crippen molar-refractivity contribution in [3.05, 3.63) is 64.2 Å². The number of hydrogen-bond acceptors (Lipinski definition) is 4. The second-order valence-electron chi connectivity index (χ2n) is 7.33. The molecule has 0 unspecified atom stereocenters. The fourth-order valence-electron chi connectivity index (χ4n) is 3.53. The molecule has 1 aliphatic heterocycles. The highest BCUT2D eigenvalue weighted by molar-refractivity contribution is 6.21. The van der Waals surface area contributed by atoms with Crippen LogP contribution < -0.4 is 10.1 Å². The number of nitrogens with zero attached hydrogens (tertiary/aromatic N) is 1. The third kappa shape index (κ3) is 4.65. The highest BCUT2D eigenvalue weighted by Gasteiger charge is 2.34. The maximum atomic E-state index is 12.4. The molecular formula is C23H26N2O4. The van der Waals surface area contributed by atoms with Crippen molar-refractivity contribution in [1.82, 2.24) is 10.2 Å². The molecule has 0 saturated heterocycles. The number of fused-ring (bicyclic) bond motifs is 1. The molecule has 0 radical (unpaired) electrons. The summed E-state index contributed by atoms with van der Waals surface area (Å²) in [6.07, 6.45) is 1.37. The maximum Gasteiger partial charge on any atom is 0.261 e. The van der Waals surface area contributed by atoms with E-state index >= 15 is 0 Å². The molecule has 6 heteroatoms. The molecule has 29 heavy (non-hydrogen) atoms. The highest BCUT2D eigenvalue weighted by Crippen LogP contribution is 2.24. The van der Waals surface area contributed by atoms with Gasteiger partial charge in [-0.25, -0.2) is 0 Å². The van der Waals surface area contributed by atoms with E-state index in [4.69, 9.17) is 4.74 Å². The quantitative estimate of drug-likeness (QED) is 0.699. The first-order chi connectivity index (χ1) is 13.9. The van der Waals surface area contributed by atoms with Gasteiger partial charge in [-0.3, -0.25) is 19.3 Å². The van der Waals surface area contributed by atoms with Crippen molar-refractivity contribution in [2.45, 2.75) is 33.1 Å². The van der Waals surface area contributed by atoms with Crippen molar-refractivity contribution in [1.29, 1.82) is 0 Å². The minimum atomic E-state index is -0.281. The fraction of sp³-hybridized carbons (Fsp3) is 0.348. The molecule has 0 bridgehead atoms. The summed E-state index contributed by atoms with van der Waals surface area (Å²) in [6.45, 7) is 4.65. The van der Waals surface area contributed by atoms with Gasteiger partial charge in [-0.05, 0) is 50.5 Å². The van der Waals surface area contributed by atoms with Crippen molar-refractivity contribution in [2.75, 3.05) is 20.2 Å². The number of benzene rings is 2. The average Bonchev–Trinajstić information content (AvgIpc) is 2.92. The van der Waals surface area contributed by atoms with E-state index in [0.29, 0.717) is 30.5 Å². The van der Waals surface area contributed by atoms with Gasteiger partial charge < -0.3 is 10.1 Å². The van der Waals surface area contributed by atoms with Crippen LogP contribution in [0, 0.1) is 13.8 Å². The summed E-state index contributed by atoms with van der Waals surface area (Å²) in [4.78, 5) is 38.2. The Hall–Kier alpha value is -3.15. The molecule has 3 amide bonds. The standard InChI is InChI=1S/C23H26N2O4/c1-15-7-9-20(29-3)17(13-15)10-11-24-21(26)5-4-12-25-22(27)18-8-6-16(2)14-19(18)23(25)28/h6-9,13-14H,4-5,10-12H2,1-3H3,(H,24,26). The molecule has 0 aliphatic carbocycles. The van der Waals surface area contributed by atoms with Crippen LogP contribution in [0.15, 0.2) is 36.4 Å². The molecule has 1 aliphatic rings. The van der Waals surface area contributed by atoms with E-state index in [0.717, 1.165) is 22.4 Å². The predicted octanol–water partition coefficient (Wildman–Crippen LogP) is 3.05. The highest BCUT2D eigenvalue weighted by atomic mass is 16.5. The molecule has 0 saturated carbocycles. The number of imide groups is 1. The van der Waals surface area contributed by atoms with Crippen LogP contribution in [-0.2, 0) is 11.2 Å². The van der Waals surface area contributed by atoms with Gasteiger partial charge in [0, 0.05) is 19.5 Å². The Bertz CT molecular complexity index is 952. The Kier molecular flexibility index (Phi) is 6.32. The SMILES string of the molecule is COc1ccc(C)cc1CCNC(=O)CCCN1C(=O)c2ccc(C)cc2C1=O. The van der Waals surface area contributed by atoms with Gasteiger partial charge in [0.15, 0.2) is 0 Å². The number of hydrogen-bond donors (Lipinski definition) is 1. The van der Waals surface area contributed by atoms with Crippen molar-refractivity contribution >= 4 is 17.7 Å². The van der Waals surface area contributed by atoms with Crippen LogP contribution in [0.5, 0.6) is 5.75 Å². The van der Waals surface area contributed by atoms with Gasteiger partial charge in [-0.1, -0.05) is 29.3 Å².